The van der Waals surface area contributed by atoms with E-state index in [0.717, 1.165) is 16.6 Å². The molecule has 0 aliphatic heterocycles. The summed E-state index contributed by atoms with van der Waals surface area (Å²) < 4.78 is 5.25. The SMILES string of the molecule is COc1ccc(Cl)cc1NC(=O)[C@@H](C)Sc1nc2ccc(C)cc2[nH]1. The van der Waals surface area contributed by atoms with Crippen molar-refractivity contribution >= 4 is 46.0 Å². The third-order valence-corrected chi connectivity index (χ3v) is 4.91. The van der Waals surface area contributed by atoms with Crippen LogP contribution in [-0.4, -0.2) is 28.2 Å². The van der Waals surface area contributed by atoms with Crippen molar-refractivity contribution in [2.75, 3.05) is 12.4 Å². The first-order valence-electron chi connectivity index (χ1n) is 7.73. The average Bonchev–Trinajstić information content (AvgIpc) is 2.96. The van der Waals surface area contributed by atoms with Crippen molar-refractivity contribution in [3.8, 4) is 5.75 Å². The lowest BCUT2D eigenvalue weighted by atomic mass is 10.2. The van der Waals surface area contributed by atoms with Gasteiger partial charge in [0.1, 0.15) is 5.75 Å². The molecule has 0 bridgehead atoms. The summed E-state index contributed by atoms with van der Waals surface area (Å²) >= 11 is 7.37. The molecule has 3 aromatic rings. The summed E-state index contributed by atoms with van der Waals surface area (Å²) in [6.45, 7) is 3.86. The third-order valence-electron chi connectivity index (χ3n) is 3.69. The van der Waals surface area contributed by atoms with E-state index >= 15 is 0 Å². The van der Waals surface area contributed by atoms with Gasteiger partial charge >= 0.3 is 0 Å². The summed E-state index contributed by atoms with van der Waals surface area (Å²) in [7, 11) is 1.55. The number of benzene rings is 2. The fourth-order valence-electron chi connectivity index (χ4n) is 2.39. The second kappa shape index (κ2) is 7.37. The number of carbonyl (C=O) groups is 1. The number of anilines is 1. The fourth-order valence-corrected chi connectivity index (χ4v) is 3.38. The van der Waals surface area contributed by atoms with Gasteiger partial charge in [-0.1, -0.05) is 29.4 Å². The number of rotatable bonds is 5. The lowest BCUT2D eigenvalue weighted by Gasteiger charge is -2.13. The first kappa shape index (κ1) is 17.6. The lowest BCUT2D eigenvalue weighted by Crippen LogP contribution is -2.22. The highest BCUT2D eigenvalue weighted by Gasteiger charge is 2.18. The summed E-state index contributed by atoms with van der Waals surface area (Å²) in [5.41, 5.74) is 3.56. The Hall–Kier alpha value is -2.18. The summed E-state index contributed by atoms with van der Waals surface area (Å²) in [5, 5.41) is 3.75. The summed E-state index contributed by atoms with van der Waals surface area (Å²) in [6.07, 6.45) is 0. The number of ether oxygens (including phenoxy) is 1. The van der Waals surface area contributed by atoms with E-state index in [0.29, 0.717) is 21.6 Å². The van der Waals surface area contributed by atoms with Gasteiger partial charge in [0.2, 0.25) is 5.91 Å². The van der Waals surface area contributed by atoms with Crippen LogP contribution in [0.3, 0.4) is 0 Å². The van der Waals surface area contributed by atoms with Crippen LogP contribution >= 0.6 is 23.4 Å². The topological polar surface area (TPSA) is 67.0 Å². The number of hydrogen-bond acceptors (Lipinski definition) is 4. The second-order valence-corrected chi connectivity index (χ2v) is 7.42. The minimum absolute atomic E-state index is 0.151. The van der Waals surface area contributed by atoms with E-state index in [1.165, 1.54) is 11.8 Å². The van der Waals surface area contributed by atoms with E-state index in [1.54, 1.807) is 25.3 Å². The molecular weight excluding hydrogens is 358 g/mol. The molecule has 130 valence electrons. The fraction of sp³-hybridized carbons (Fsp3) is 0.222. The van der Waals surface area contributed by atoms with Crippen LogP contribution in [0.15, 0.2) is 41.6 Å². The summed E-state index contributed by atoms with van der Waals surface area (Å²) in [5.74, 6) is 0.413. The van der Waals surface area contributed by atoms with Gasteiger partial charge in [0.15, 0.2) is 5.16 Å². The van der Waals surface area contributed by atoms with Crippen LogP contribution in [-0.2, 0) is 4.79 Å². The van der Waals surface area contributed by atoms with Gasteiger partial charge in [-0.25, -0.2) is 4.98 Å². The predicted molar refractivity (Wildman–Crippen MR) is 103 cm³/mol. The van der Waals surface area contributed by atoms with Crippen molar-refractivity contribution in [2.24, 2.45) is 0 Å². The van der Waals surface area contributed by atoms with Crippen molar-refractivity contribution in [1.82, 2.24) is 9.97 Å². The Morgan fingerprint density at radius 3 is 2.88 bits per heavy atom. The number of methoxy groups -OCH3 is 1. The normalized spacial score (nSPS) is 12.2. The van der Waals surface area contributed by atoms with Crippen molar-refractivity contribution in [2.45, 2.75) is 24.3 Å². The molecule has 0 aliphatic carbocycles. The van der Waals surface area contributed by atoms with Gasteiger partial charge < -0.3 is 15.0 Å². The lowest BCUT2D eigenvalue weighted by molar-refractivity contribution is -0.115. The largest absolute Gasteiger partial charge is 0.495 e. The number of imidazole rings is 1. The highest BCUT2D eigenvalue weighted by atomic mass is 35.5. The molecule has 3 rings (SSSR count). The number of H-pyrrole nitrogens is 1. The van der Waals surface area contributed by atoms with Crippen molar-refractivity contribution in [3.05, 3.63) is 47.0 Å². The van der Waals surface area contributed by atoms with E-state index in [-0.39, 0.29) is 11.2 Å². The maximum absolute atomic E-state index is 12.5. The Balaban J connectivity index is 1.72. The number of thioether (sulfide) groups is 1. The number of nitrogens with zero attached hydrogens (tertiary/aromatic N) is 1. The average molecular weight is 376 g/mol. The molecule has 0 saturated carbocycles. The van der Waals surface area contributed by atoms with Crippen molar-refractivity contribution in [1.29, 1.82) is 0 Å². The first-order valence-corrected chi connectivity index (χ1v) is 8.99. The maximum atomic E-state index is 12.5. The van der Waals surface area contributed by atoms with Gasteiger partial charge in [0.25, 0.3) is 0 Å². The molecule has 1 amide bonds. The van der Waals surface area contributed by atoms with E-state index in [9.17, 15) is 4.79 Å². The van der Waals surface area contributed by atoms with E-state index in [1.807, 2.05) is 32.0 Å². The molecule has 0 aliphatic rings. The molecule has 0 spiro atoms. The number of fused-ring (bicyclic) bond motifs is 1. The number of amides is 1. The van der Waals surface area contributed by atoms with Crippen LogP contribution in [0.1, 0.15) is 12.5 Å². The number of nitrogens with one attached hydrogen (secondary N) is 2. The van der Waals surface area contributed by atoms with Gasteiger partial charge in [-0.05, 0) is 49.7 Å². The zero-order valence-electron chi connectivity index (χ0n) is 14.1. The molecular formula is C18H18ClN3O2S. The van der Waals surface area contributed by atoms with Gasteiger partial charge in [0, 0.05) is 5.02 Å². The Morgan fingerprint density at radius 2 is 2.12 bits per heavy atom. The van der Waals surface area contributed by atoms with E-state index in [4.69, 9.17) is 16.3 Å². The smallest absolute Gasteiger partial charge is 0.237 e. The molecule has 0 saturated heterocycles. The number of aryl methyl sites for hydroxylation is 1. The van der Waals surface area contributed by atoms with E-state index in [2.05, 4.69) is 15.3 Å². The van der Waals surface area contributed by atoms with Gasteiger partial charge in [-0.15, -0.1) is 0 Å². The third kappa shape index (κ3) is 4.08. The number of aromatic amines is 1. The minimum atomic E-state index is -0.342. The van der Waals surface area contributed by atoms with Crippen LogP contribution in [0.5, 0.6) is 5.75 Å². The van der Waals surface area contributed by atoms with Crippen LogP contribution in [0.4, 0.5) is 5.69 Å². The van der Waals surface area contributed by atoms with Crippen LogP contribution in [0.2, 0.25) is 5.02 Å². The van der Waals surface area contributed by atoms with Crippen LogP contribution < -0.4 is 10.1 Å². The Labute approximate surface area is 155 Å². The standard InChI is InChI=1S/C18H18ClN3O2S/c1-10-4-6-13-14(8-10)22-18(21-13)25-11(2)17(23)20-15-9-12(19)5-7-16(15)24-3/h4-9,11H,1-3H3,(H,20,23)(H,21,22)/t11-/m1/s1. The molecule has 0 fully saturated rings. The molecule has 5 nitrogen and oxygen atoms in total. The van der Waals surface area contributed by atoms with Crippen LogP contribution in [0.25, 0.3) is 11.0 Å². The first-order chi connectivity index (χ1) is 12.0. The molecule has 1 atom stereocenters. The molecule has 1 aromatic heterocycles. The molecule has 7 heteroatoms. The molecule has 2 aromatic carbocycles. The Kier molecular flexibility index (Phi) is 5.20. The van der Waals surface area contributed by atoms with E-state index < -0.39 is 0 Å². The van der Waals surface area contributed by atoms with Gasteiger partial charge in [-0.2, -0.15) is 0 Å². The minimum Gasteiger partial charge on any atom is -0.495 e. The maximum Gasteiger partial charge on any atom is 0.237 e. The Bertz CT molecular complexity index is 926. The highest BCUT2D eigenvalue weighted by Crippen LogP contribution is 2.29. The number of aromatic nitrogens is 2. The highest BCUT2D eigenvalue weighted by molar-refractivity contribution is 8.00. The van der Waals surface area contributed by atoms with Gasteiger partial charge in [-0.3, -0.25) is 4.79 Å². The summed E-state index contributed by atoms with van der Waals surface area (Å²) in [6, 6.07) is 11.1. The molecule has 2 N–H and O–H groups in total. The summed E-state index contributed by atoms with van der Waals surface area (Å²) in [4.78, 5) is 20.2. The molecule has 25 heavy (non-hydrogen) atoms. The van der Waals surface area contributed by atoms with Crippen molar-refractivity contribution < 1.29 is 9.53 Å². The number of hydrogen-bond donors (Lipinski definition) is 2. The van der Waals surface area contributed by atoms with Gasteiger partial charge in [0.05, 0.1) is 29.1 Å². The predicted octanol–water partition coefficient (Wildman–Crippen LogP) is 4.65. The second-order valence-electron chi connectivity index (χ2n) is 5.66. The molecule has 0 radical (unpaired) electrons. The zero-order valence-corrected chi connectivity index (χ0v) is 15.7. The Morgan fingerprint density at radius 1 is 1.32 bits per heavy atom. The van der Waals surface area contributed by atoms with Crippen molar-refractivity contribution in [3.63, 3.8) is 0 Å². The molecule has 1 heterocycles. The van der Waals surface area contributed by atoms with Crippen LogP contribution in [0, 0.1) is 6.92 Å². The number of carbonyl (C=O) groups excluding carboxylic acids is 1. The quantitative estimate of drug-likeness (QED) is 0.637. The molecule has 0 unspecified atom stereocenters. The monoisotopic (exact) mass is 375 g/mol. The number of halogens is 1. The zero-order chi connectivity index (χ0) is 18.0.